The summed E-state index contributed by atoms with van der Waals surface area (Å²) in [7, 11) is 0. The average molecular weight is 252 g/mol. The van der Waals surface area contributed by atoms with Gasteiger partial charge < -0.3 is 5.32 Å². The number of rotatable bonds is 3. The number of carbonyl (C=O) groups excluding carboxylic acids is 2. The average Bonchev–Trinajstić information content (AvgIpc) is 2.31. The molecule has 1 rings (SSSR count). The molecule has 2 N–H and O–H groups in total. The Morgan fingerprint density at radius 3 is 2.47 bits per heavy atom. The van der Waals surface area contributed by atoms with Crippen LogP contribution < -0.4 is 10.6 Å². The van der Waals surface area contributed by atoms with Gasteiger partial charge in [-0.05, 0) is 17.7 Å². The van der Waals surface area contributed by atoms with E-state index in [1.165, 1.54) is 0 Å². The van der Waals surface area contributed by atoms with Crippen LogP contribution in [0.15, 0.2) is 24.3 Å². The minimum atomic E-state index is -0.635. The third kappa shape index (κ3) is 4.53. The van der Waals surface area contributed by atoms with Gasteiger partial charge in [0.2, 0.25) is 5.91 Å². The van der Waals surface area contributed by atoms with Crippen molar-refractivity contribution in [1.29, 1.82) is 5.26 Å². The molecule has 0 aliphatic rings. The third-order valence-electron chi connectivity index (χ3n) is 1.87. The molecule has 0 radical (unpaired) electrons. The fourth-order valence-electron chi connectivity index (χ4n) is 1.12. The molecule has 0 bridgehead atoms. The number of anilines is 1. The van der Waals surface area contributed by atoms with E-state index in [4.69, 9.17) is 16.9 Å². The maximum atomic E-state index is 11.2. The van der Waals surface area contributed by atoms with Crippen molar-refractivity contribution in [3.8, 4) is 6.07 Å². The van der Waals surface area contributed by atoms with E-state index in [1.807, 2.05) is 11.4 Å². The molecule has 88 valence electrons. The van der Waals surface area contributed by atoms with Crippen molar-refractivity contribution in [3.05, 3.63) is 29.8 Å². The summed E-state index contributed by atoms with van der Waals surface area (Å²) in [6.07, 6.45) is 0.317. The molecular formula is C11H10ClN3O2. The Labute approximate surface area is 103 Å². The number of hydrogen-bond acceptors (Lipinski definition) is 3. The molecule has 1 aromatic rings. The van der Waals surface area contributed by atoms with Crippen molar-refractivity contribution < 1.29 is 9.59 Å². The van der Waals surface area contributed by atoms with Gasteiger partial charge in [-0.1, -0.05) is 12.1 Å². The summed E-state index contributed by atoms with van der Waals surface area (Å²) in [5.41, 5.74) is 1.39. The van der Waals surface area contributed by atoms with Crippen molar-refractivity contribution in [2.75, 3.05) is 11.2 Å². The highest BCUT2D eigenvalue weighted by atomic mass is 35.5. The van der Waals surface area contributed by atoms with Crippen LogP contribution in [-0.4, -0.2) is 17.8 Å². The second kappa shape index (κ2) is 6.51. The van der Waals surface area contributed by atoms with E-state index in [0.717, 1.165) is 5.56 Å². The fraction of sp³-hybridized carbons (Fsp3) is 0.182. The van der Waals surface area contributed by atoms with Gasteiger partial charge in [-0.3, -0.25) is 10.1 Å². The van der Waals surface area contributed by atoms with Crippen LogP contribution in [0, 0.1) is 11.3 Å². The van der Waals surface area contributed by atoms with Crippen LogP contribution in [0.2, 0.25) is 0 Å². The molecule has 0 aromatic heterocycles. The number of imide groups is 1. The zero-order valence-corrected chi connectivity index (χ0v) is 9.62. The monoisotopic (exact) mass is 251 g/mol. The first-order chi connectivity index (χ1) is 8.15. The highest BCUT2D eigenvalue weighted by Gasteiger charge is 2.05. The lowest BCUT2D eigenvalue weighted by atomic mass is 10.1. The number of hydrogen-bond donors (Lipinski definition) is 2. The zero-order valence-electron chi connectivity index (χ0n) is 8.87. The second-order valence-electron chi connectivity index (χ2n) is 3.17. The summed E-state index contributed by atoms with van der Waals surface area (Å²) in [4.78, 5) is 22.1. The van der Waals surface area contributed by atoms with Crippen LogP contribution in [0.25, 0.3) is 0 Å². The predicted molar refractivity (Wildman–Crippen MR) is 63.6 cm³/mol. The second-order valence-corrected chi connectivity index (χ2v) is 3.44. The lowest BCUT2D eigenvalue weighted by molar-refractivity contribution is -0.117. The van der Waals surface area contributed by atoms with Crippen molar-refractivity contribution in [1.82, 2.24) is 5.32 Å². The molecule has 5 nitrogen and oxygen atoms in total. The predicted octanol–water partition coefficient (Wildman–Crippen LogP) is 1.64. The Bertz CT molecular complexity index is 451. The topological polar surface area (TPSA) is 82.0 Å². The molecule has 0 atom stereocenters. The first kappa shape index (κ1) is 13.0. The molecule has 17 heavy (non-hydrogen) atoms. The maximum absolute atomic E-state index is 11.2. The van der Waals surface area contributed by atoms with E-state index in [0.29, 0.717) is 12.1 Å². The molecular weight excluding hydrogens is 242 g/mol. The molecule has 0 aliphatic heterocycles. The highest BCUT2D eigenvalue weighted by molar-refractivity contribution is 6.28. The number of halogens is 1. The molecule has 0 aliphatic carbocycles. The minimum absolute atomic E-state index is 0.269. The van der Waals surface area contributed by atoms with Crippen molar-refractivity contribution in [3.63, 3.8) is 0 Å². The number of urea groups is 1. The Hall–Kier alpha value is -2.06. The molecule has 0 spiro atoms. The summed E-state index contributed by atoms with van der Waals surface area (Å²) < 4.78 is 0. The van der Waals surface area contributed by atoms with E-state index in [1.54, 1.807) is 24.3 Å². The zero-order chi connectivity index (χ0) is 12.7. The first-order valence-corrected chi connectivity index (χ1v) is 5.32. The van der Waals surface area contributed by atoms with Gasteiger partial charge in [0, 0.05) is 5.69 Å². The molecule has 6 heteroatoms. The SMILES string of the molecule is N#CCc1ccc(NC(=O)NC(=O)CCl)cc1. The number of nitrogens with zero attached hydrogens (tertiary/aromatic N) is 1. The van der Waals surface area contributed by atoms with Gasteiger partial charge in [0.25, 0.3) is 0 Å². The number of nitriles is 1. The van der Waals surface area contributed by atoms with Gasteiger partial charge in [-0.25, -0.2) is 4.79 Å². The first-order valence-electron chi connectivity index (χ1n) is 4.78. The molecule has 1 aromatic carbocycles. The van der Waals surface area contributed by atoms with Crippen molar-refractivity contribution in [2.24, 2.45) is 0 Å². The van der Waals surface area contributed by atoms with E-state index < -0.39 is 11.9 Å². The number of alkyl halides is 1. The molecule has 0 saturated carbocycles. The van der Waals surface area contributed by atoms with Crippen LogP contribution >= 0.6 is 11.6 Å². The van der Waals surface area contributed by atoms with Gasteiger partial charge in [0.15, 0.2) is 0 Å². The minimum Gasteiger partial charge on any atom is -0.308 e. The summed E-state index contributed by atoms with van der Waals surface area (Å²) in [5.74, 6) is -0.834. The standard InChI is InChI=1S/C11H10ClN3O2/c12-7-10(16)15-11(17)14-9-3-1-8(2-4-9)5-6-13/h1-4H,5,7H2,(H2,14,15,16,17). The van der Waals surface area contributed by atoms with E-state index >= 15 is 0 Å². The summed E-state index contributed by atoms with van der Waals surface area (Å²) in [6, 6.07) is 8.13. The van der Waals surface area contributed by atoms with Gasteiger partial charge in [-0.2, -0.15) is 5.26 Å². The smallest absolute Gasteiger partial charge is 0.308 e. The maximum Gasteiger partial charge on any atom is 0.325 e. The normalized spacial score (nSPS) is 9.18. The number of amides is 3. The van der Waals surface area contributed by atoms with Crippen LogP contribution in [0.4, 0.5) is 10.5 Å². The molecule has 0 fully saturated rings. The van der Waals surface area contributed by atoms with Crippen LogP contribution in [-0.2, 0) is 11.2 Å². The number of benzene rings is 1. The van der Waals surface area contributed by atoms with E-state index in [9.17, 15) is 9.59 Å². The van der Waals surface area contributed by atoms with Crippen molar-refractivity contribution in [2.45, 2.75) is 6.42 Å². The molecule has 3 amide bonds. The van der Waals surface area contributed by atoms with Gasteiger partial charge in [0.05, 0.1) is 12.5 Å². The Morgan fingerprint density at radius 1 is 1.29 bits per heavy atom. The Balaban J connectivity index is 2.54. The lowest BCUT2D eigenvalue weighted by Crippen LogP contribution is -2.35. The summed E-state index contributed by atoms with van der Waals surface area (Å²) >= 11 is 5.23. The fourth-order valence-corrected chi connectivity index (χ4v) is 1.19. The number of nitrogens with one attached hydrogen (secondary N) is 2. The van der Waals surface area contributed by atoms with Gasteiger partial charge in [-0.15, -0.1) is 11.6 Å². The van der Waals surface area contributed by atoms with Crippen LogP contribution in [0.5, 0.6) is 0 Å². The lowest BCUT2D eigenvalue weighted by Gasteiger charge is -2.05. The highest BCUT2D eigenvalue weighted by Crippen LogP contribution is 2.09. The number of carbonyl (C=O) groups is 2. The molecule has 0 heterocycles. The summed E-state index contributed by atoms with van der Waals surface area (Å²) in [5, 5.41) is 13.0. The van der Waals surface area contributed by atoms with E-state index in [2.05, 4.69) is 5.32 Å². The largest absolute Gasteiger partial charge is 0.325 e. The van der Waals surface area contributed by atoms with Gasteiger partial charge in [0.1, 0.15) is 5.88 Å². The van der Waals surface area contributed by atoms with Gasteiger partial charge >= 0.3 is 6.03 Å². The van der Waals surface area contributed by atoms with E-state index in [-0.39, 0.29) is 5.88 Å². The third-order valence-corrected chi connectivity index (χ3v) is 2.11. The van der Waals surface area contributed by atoms with Crippen molar-refractivity contribution >= 4 is 29.2 Å². The quantitative estimate of drug-likeness (QED) is 0.801. The Morgan fingerprint density at radius 2 is 1.94 bits per heavy atom. The molecule has 0 unspecified atom stereocenters. The van der Waals surface area contributed by atoms with Crippen LogP contribution in [0.3, 0.4) is 0 Å². The molecule has 0 saturated heterocycles. The van der Waals surface area contributed by atoms with Crippen LogP contribution in [0.1, 0.15) is 5.56 Å². The Kier molecular flexibility index (Phi) is 4.98. The summed E-state index contributed by atoms with van der Waals surface area (Å²) in [6.45, 7) is 0.